The summed E-state index contributed by atoms with van der Waals surface area (Å²) in [5, 5.41) is 4.39. The van der Waals surface area contributed by atoms with Crippen molar-refractivity contribution >= 4 is 21.6 Å². The number of hydrogen-bond acceptors (Lipinski definition) is 4. The third-order valence-corrected chi connectivity index (χ3v) is 6.12. The van der Waals surface area contributed by atoms with Crippen molar-refractivity contribution in [3.63, 3.8) is 0 Å². The number of fused-ring (bicyclic) bond motifs is 3. The van der Waals surface area contributed by atoms with E-state index in [9.17, 15) is 4.79 Å². The van der Waals surface area contributed by atoms with Crippen LogP contribution in [0.1, 0.15) is 48.1 Å². The Morgan fingerprint density at radius 3 is 2.80 bits per heavy atom. The Bertz CT molecular complexity index is 943. The fourth-order valence-corrected chi connectivity index (χ4v) is 5.02. The summed E-state index contributed by atoms with van der Waals surface area (Å²) < 4.78 is 0. The molecule has 0 bridgehead atoms. The smallest absolute Gasteiger partial charge is 0.259 e. The summed E-state index contributed by atoms with van der Waals surface area (Å²) in [5.74, 6) is 1.17. The minimum absolute atomic E-state index is 0.0157. The fraction of sp³-hybridized carbons (Fsp3) is 0.400. The molecule has 0 aliphatic heterocycles. The first-order valence-corrected chi connectivity index (χ1v) is 9.77. The largest absolute Gasteiger partial charge is 0.309 e. The number of aromatic nitrogens is 2. The van der Waals surface area contributed by atoms with Crippen LogP contribution >= 0.6 is 11.3 Å². The van der Waals surface area contributed by atoms with Crippen molar-refractivity contribution in [2.24, 2.45) is 5.92 Å². The lowest BCUT2D eigenvalue weighted by Crippen LogP contribution is -2.27. The number of nitrogens with one attached hydrogen (secondary N) is 2. The molecule has 0 fully saturated rings. The maximum Gasteiger partial charge on any atom is 0.259 e. The van der Waals surface area contributed by atoms with Crippen LogP contribution in [0, 0.1) is 5.92 Å². The van der Waals surface area contributed by atoms with Crippen molar-refractivity contribution in [2.45, 2.75) is 45.7 Å². The first-order valence-electron chi connectivity index (χ1n) is 8.95. The number of hydrogen-bond donors (Lipinski definition) is 2. The SMILES string of the molecule is CC(C)[C@@H](NCc1nc2sc3c(c2c(=O)[nH]1)CCC3)c1ccccc1. The fourth-order valence-electron chi connectivity index (χ4n) is 3.74. The normalized spacial score (nSPS) is 15.0. The zero-order chi connectivity index (χ0) is 17.4. The molecule has 5 heteroatoms. The van der Waals surface area contributed by atoms with Gasteiger partial charge in [0, 0.05) is 10.9 Å². The maximum absolute atomic E-state index is 12.6. The molecule has 1 atom stereocenters. The second-order valence-electron chi connectivity index (χ2n) is 7.06. The predicted octanol–water partition coefficient (Wildman–Crippen LogP) is 3.96. The van der Waals surface area contributed by atoms with E-state index in [4.69, 9.17) is 4.98 Å². The van der Waals surface area contributed by atoms with E-state index in [1.807, 2.05) is 6.07 Å². The molecule has 130 valence electrons. The zero-order valence-corrected chi connectivity index (χ0v) is 15.5. The summed E-state index contributed by atoms with van der Waals surface area (Å²) in [4.78, 5) is 22.5. The highest BCUT2D eigenvalue weighted by molar-refractivity contribution is 7.18. The van der Waals surface area contributed by atoms with Crippen LogP contribution in [0.3, 0.4) is 0 Å². The Morgan fingerprint density at radius 2 is 2.04 bits per heavy atom. The Labute approximate surface area is 151 Å². The van der Waals surface area contributed by atoms with Crippen molar-refractivity contribution in [1.82, 2.24) is 15.3 Å². The van der Waals surface area contributed by atoms with Gasteiger partial charge in [-0.2, -0.15) is 0 Å². The van der Waals surface area contributed by atoms with E-state index in [-0.39, 0.29) is 11.6 Å². The summed E-state index contributed by atoms with van der Waals surface area (Å²) in [6, 6.07) is 10.7. The second kappa shape index (κ2) is 6.73. The van der Waals surface area contributed by atoms with Crippen LogP contribution in [-0.4, -0.2) is 9.97 Å². The van der Waals surface area contributed by atoms with Crippen LogP contribution in [0.25, 0.3) is 10.2 Å². The van der Waals surface area contributed by atoms with Gasteiger partial charge < -0.3 is 10.3 Å². The van der Waals surface area contributed by atoms with Gasteiger partial charge in [-0.15, -0.1) is 11.3 Å². The molecule has 0 unspecified atom stereocenters. The molecule has 3 aromatic rings. The van der Waals surface area contributed by atoms with Gasteiger partial charge in [-0.05, 0) is 36.3 Å². The maximum atomic E-state index is 12.6. The van der Waals surface area contributed by atoms with Crippen LogP contribution < -0.4 is 10.9 Å². The van der Waals surface area contributed by atoms with Gasteiger partial charge >= 0.3 is 0 Å². The Kier molecular flexibility index (Phi) is 4.44. The highest BCUT2D eigenvalue weighted by Crippen LogP contribution is 2.34. The number of aromatic amines is 1. The van der Waals surface area contributed by atoms with E-state index in [0.29, 0.717) is 12.5 Å². The molecule has 2 aromatic heterocycles. The van der Waals surface area contributed by atoms with Crippen LogP contribution in [0.2, 0.25) is 0 Å². The third kappa shape index (κ3) is 3.14. The van der Waals surface area contributed by atoms with Gasteiger partial charge in [-0.3, -0.25) is 4.79 Å². The van der Waals surface area contributed by atoms with E-state index >= 15 is 0 Å². The topological polar surface area (TPSA) is 57.8 Å². The Hall–Kier alpha value is -1.98. The standard InChI is InChI=1S/C20H23N3OS/c1-12(2)18(13-7-4-3-5-8-13)21-11-16-22-19(24)17-14-9-6-10-15(14)25-20(17)23-16/h3-5,7-8,12,18,21H,6,9-11H2,1-2H3,(H,22,23,24)/t18-/m1/s1. The highest BCUT2D eigenvalue weighted by Gasteiger charge is 2.21. The molecule has 1 aliphatic carbocycles. The summed E-state index contributed by atoms with van der Waals surface area (Å²) in [6.45, 7) is 4.97. The molecule has 0 amide bonds. The van der Waals surface area contributed by atoms with Gasteiger partial charge in [-0.1, -0.05) is 44.2 Å². The van der Waals surface area contributed by atoms with Crippen LogP contribution in [-0.2, 0) is 19.4 Å². The van der Waals surface area contributed by atoms with Crippen LogP contribution in [0.15, 0.2) is 35.1 Å². The number of benzene rings is 1. The molecule has 0 saturated heterocycles. The van der Waals surface area contributed by atoms with Gasteiger partial charge in [-0.25, -0.2) is 4.98 Å². The first-order chi connectivity index (χ1) is 12.1. The second-order valence-corrected chi connectivity index (χ2v) is 8.15. The molecule has 0 radical (unpaired) electrons. The monoisotopic (exact) mass is 353 g/mol. The molecule has 25 heavy (non-hydrogen) atoms. The van der Waals surface area contributed by atoms with Crippen LogP contribution in [0.5, 0.6) is 0 Å². The molecule has 2 heterocycles. The molecular formula is C20H23N3OS. The van der Waals surface area contributed by atoms with Crippen molar-refractivity contribution < 1.29 is 0 Å². The summed E-state index contributed by atoms with van der Waals surface area (Å²) in [7, 11) is 0. The van der Waals surface area contributed by atoms with Crippen molar-refractivity contribution in [1.29, 1.82) is 0 Å². The van der Waals surface area contributed by atoms with Crippen LogP contribution in [0.4, 0.5) is 0 Å². The lowest BCUT2D eigenvalue weighted by atomic mass is 9.96. The molecule has 2 N–H and O–H groups in total. The van der Waals surface area contributed by atoms with Gasteiger partial charge in [0.2, 0.25) is 0 Å². The van der Waals surface area contributed by atoms with Crippen molar-refractivity contribution in [3.8, 4) is 0 Å². The molecule has 1 aromatic carbocycles. The Balaban J connectivity index is 1.59. The van der Waals surface area contributed by atoms with Gasteiger partial charge in [0.25, 0.3) is 5.56 Å². The summed E-state index contributed by atoms with van der Waals surface area (Å²) in [5.41, 5.74) is 2.51. The van der Waals surface area contributed by atoms with Crippen molar-refractivity contribution in [3.05, 3.63) is 62.5 Å². The number of rotatable bonds is 5. The number of nitrogens with zero attached hydrogens (tertiary/aromatic N) is 1. The lowest BCUT2D eigenvalue weighted by molar-refractivity contribution is 0.406. The predicted molar refractivity (Wildman–Crippen MR) is 103 cm³/mol. The zero-order valence-electron chi connectivity index (χ0n) is 14.6. The molecular weight excluding hydrogens is 330 g/mol. The first kappa shape index (κ1) is 16.5. The van der Waals surface area contributed by atoms with Gasteiger partial charge in [0.05, 0.1) is 11.9 Å². The van der Waals surface area contributed by atoms with E-state index < -0.39 is 0 Å². The molecule has 1 aliphatic rings. The van der Waals surface area contributed by atoms with Gasteiger partial charge in [0.15, 0.2) is 0 Å². The summed E-state index contributed by atoms with van der Waals surface area (Å²) in [6.07, 6.45) is 3.26. The average Bonchev–Trinajstić information content (AvgIpc) is 3.16. The van der Waals surface area contributed by atoms with E-state index in [1.165, 1.54) is 16.0 Å². The Morgan fingerprint density at radius 1 is 1.24 bits per heavy atom. The summed E-state index contributed by atoms with van der Waals surface area (Å²) >= 11 is 1.69. The highest BCUT2D eigenvalue weighted by atomic mass is 32.1. The number of H-pyrrole nitrogens is 1. The van der Waals surface area contributed by atoms with E-state index in [2.05, 4.69) is 48.4 Å². The number of thiophene rings is 1. The lowest BCUT2D eigenvalue weighted by Gasteiger charge is -2.22. The molecule has 0 saturated carbocycles. The molecule has 4 nitrogen and oxygen atoms in total. The third-order valence-electron chi connectivity index (χ3n) is 4.94. The van der Waals surface area contributed by atoms with E-state index in [0.717, 1.165) is 35.3 Å². The van der Waals surface area contributed by atoms with Crippen molar-refractivity contribution in [2.75, 3.05) is 0 Å². The minimum Gasteiger partial charge on any atom is -0.309 e. The number of aryl methyl sites for hydroxylation is 2. The molecule has 4 rings (SSSR count). The van der Waals surface area contributed by atoms with Gasteiger partial charge in [0.1, 0.15) is 10.7 Å². The average molecular weight is 353 g/mol. The minimum atomic E-state index is 0.0157. The van der Waals surface area contributed by atoms with E-state index in [1.54, 1.807) is 11.3 Å². The molecule has 0 spiro atoms. The quantitative estimate of drug-likeness (QED) is 0.730.